The van der Waals surface area contributed by atoms with E-state index in [0.29, 0.717) is 29.9 Å². The fraction of sp³-hybridized carbons (Fsp3) is 0.765. The number of likely N-dealkylation sites (tertiary alicyclic amines) is 1. The van der Waals surface area contributed by atoms with Crippen molar-refractivity contribution in [1.29, 1.82) is 0 Å². The molecule has 27 heavy (non-hydrogen) atoms. The van der Waals surface area contributed by atoms with Crippen molar-refractivity contribution in [3.8, 4) is 0 Å². The Balaban J connectivity index is 0.00000364. The van der Waals surface area contributed by atoms with Crippen LogP contribution in [0, 0.1) is 5.92 Å². The summed E-state index contributed by atoms with van der Waals surface area (Å²) < 4.78 is 37.6. The van der Waals surface area contributed by atoms with Gasteiger partial charge in [0, 0.05) is 38.5 Å². The van der Waals surface area contributed by atoms with E-state index >= 15 is 0 Å². The lowest BCUT2D eigenvalue weighted by Crippen LogP contribution is -2.42. The zero-order valence-corrected chi connectivity index (χ0v) is 19.0. The van der Waals surface area contributed by atoms with E-state index in [9.17, 15) is 13.2 Å². The van der Waals surface area contributed by atoms with E-state index in [-0.39, 0.29) is 24.0 Å². The highest BCUT2D eigenvalue weighted by Gasteiger charge is 2.33. The molecule has 10 heteroatoms. The molecule has 2 rings (SSSR count). The number of hydrogen-bond donors (Lipinski definition) is 2. The van der Waals surface area contributed by atoms with Crippen LogP contribution in [-0.4, -0.2) is 55.6 Å². The van der Waals surface area contributed by atoms with Crippen LogP contribution in [0.1, 0.15) is 36.9 Å². The van der Waals surface area contributed by atoms with Crippen LogP contribution in [-0.2, 0) is 12.6 Å². The van der Waals surface area contributed by atoms with E-state index in [1.54, 1.807) is 7.05 Å². The third kappa shape index (κ3) is 8.95. The van der Waals surface area contributed by atoms with Crippen molar-refractivity contribution in [1.82, 2.24) is 20.5 Å². The minimum Gasteiger partial charge on any atom is -0.356 e. The molecule has 1 aromatic heterocycles. The molecule has 1 aromatic rings. The third-order valence-corrected chi connectivity index (χ3v) is 5.24. The van der Waals surface area contributed by atoms with Crippen LogP contribution in [0.25, 0.3) is 0 Å². The number of nitrogens with one attached hydrogen (secondary N) is 2. The normalized spacial score (nSPS) is 17.3. The predicted molar refractivity (Wildman–Crippen MR) is 115 cm³/mol. The molecule has 1 aliphatic rings. The highest BCUT2D eigenvalue weighted by molar-refractivity contribution is 14.0. The minimum absolute atomic E-state index is 0. The van der Waals surface area contributed by atoms with Crippen molar-refractivity contribution in [2.45, 2.75) is 38.8 Å². The number of aromatic nitrogens is 1. The van der Waals surface area contributed by atoms with Gasteiger partial charge in [0.15, 0.2) is 11.7 Å². The Labute approximate surface area is 180 Å². The Morgan fingerprint density at radius 1 is 1.30 bits per heavy atom. The van der Waals surface area contributed by atoms with E-state index in [4.69, 9.17) is 0 Å². The zero-order chi connectivity index (χ0) is 19.0. The smallest absolute Gasteiger partial charge is 0.356 e. The maximum Gasteiger partial charge on any atom is 0.434 e. The number of aliphatic imine (C=N–C) groups is 1. The molecule has 1 unspecified atom stereocenters. The van der Waals surface area contributed by atoms with Crippen LogP contribution in [0.2, 0.25) is 0 Å². The van der Waals surface area contributed by atoms with E-state index < -0.39 is 11.9 Å². The summed E-state index contributed by atoms with van der Waals surface area (Å²) in [7, 11) is 1.69. The van der Waals surface area contributed by atoms with Crippen molar-refractivity contribution in [2.75, 3.05) is 39.8 Å². The highest BCUT2D eigenvalue weighted by atomic mass is 127. The summed E-state index contributed by atoms with van der Waals surface area (Å²) in [5.41, 5.74) is -0.813. The fourth-order valence-electron chi connectivity index (χ4n) is 2.98. The Hall–Kier alpha value is -0.620. The largest absolute Gasteiger partial charge is 0.434 e. The molecule has 0 aliphatic carbocycles. The Kier molecular flexibility index (Phi) is 10.9. The number of piperidine rings is 1. The minimum atomic E-state index is -4.37. The van der Waals surface area contributed by atoms with Crippen LogP contribution in [0.5, 0.6) is 0 Å². The van der Waals surface area contributed by atoms with E-state index in [2.05, 4.69) is 32.4 Å². The van der Waals surface area contributed by atoms with Gasteiger partial charge in [0.05, 0.1) is 5.01 Å². The molecule has 0 spiro atoms. The van der Waals surface area contributed by atoms with Crippen LogP contribution in [0.15, 0.2) is 10.4 Å². The average Bonchev–Trinajstić information content (AvgIpc) is 3.08. The standard InChI is InChI=1S/C17H28F3N5S.HI/c1-13(11-25-8-4-3-5-9-25)10-23-16(21-2)22-7-6-15-24-14(12-26-15)17(18,19)20;/h12-13H,3-11H2,1-2H3,(H2,21,22,23);1H. The van der Waals surface area contributed by atoms with E-state index in [1.165, 1.54) is 32.4 Å². The molecule has 1 aliphatic heterocycles. The first-order valence-corrected chi connectivity index (χ1v) is 9.95. The molecular formula is C17H29F3IN5S. The number of alkyl halides is 3. The van der Waals surface area contributed by atoms with Gasteiger partial charge in [-0.25, -0.2) is 4.98 Å². The van der Waals surface area contributed by atoms with Crippen molar-refractivity contribution >= 4 is 41.3 Å². The number of nitrogens with zero attached hydrogens (tertiary/aromatic N) is 3. The fourth-order valence-corrected chi connectivity index (χ4v) is 3.79. The Bertz CT molecular complexity index is 573. The second kappa shape index (κ2) is 12.1. The topological polar surface area (TPSA) is 52.6 Å². The molecule has 0 radical (unpaired) electrons. The third-order valence-electron chi connectivity index (χ3n) is 4.33. The molecule has 2 heterocycles. The monoisotopic (exact) mass is 519 g/mol. The summed E-state index contributed by atoms with van der Waals surface area (Å²) in [5, 5.41) is 7.96. The van der Waals surface area contributed by atoms with E-state index in [0.717, 1.165) is 29.8 Å². The molecule has 1 atom stereocenters. The van der Waals surface area contributed by atoms with Gasteiger partial charge < -0.3 is 15.5 Å². The number of thiazole rings is 1. The average molecular weight is 519 g/mol. The van der Waals surface area contributed by atoms with Gasteiger partial charge in [-0.1, -0.05) is 13.3 Å². The Morgan fingerprint density at radius 2 is 2.00 bits per heavy atom. The van der Waals surface area contributed by atoms with E-state index in [1.807, 2.05) is 0 Å². The summed E-state index contributed by atoms with van der Waals surface area (Å²) in [5.74, 6) is 1.17. The molecule has 0 amide bonds. The summed E-state index contributed by atoms with van der Waals surface area (Å²) in [6.45, 7) is 6.96. The molecule has 2 N–H and O–H groups in total. The maximum atomic E-state index is 12.5. The number of hydrogen-bond acceptors (Lipinski definition) is 4. The first-order valence-electron chi connectivity index (χ1n) is 9.07. The molecule has 156 valence electrons. The molecule has 1 fully saturated rings. The van der Waals surface area contributed by atoms with Crippen LogP contribution < -0.4 is 10.6 Å². The van der Waals surface area contributed by atoms with Crippen LogP contribution >= 0.6 is 35.3 Å². The van der Waals surface area contributed by atoms with Crippen molar-refractivity contribution in [3.63, 3.8) is 0 Å². The quantitative estimate of drug-likeness (QED) is 0.329. The molecule has 0 saturated carbocycles. The van der Waals surface area contributed by atoms with Crippen molar-refractivity contribution in [2.24, 2.45) is 10.9 Å². The lowest BCUT2D eigenvalue weighted by molar-refractivity contribution is -0.140. The van der Waals surface area contributed by atoms with Gasteiger partial charge in [-0.05, 0) is 31.8 Å². The summed E-state index contributed by atoms with van der Waals surface area (Å²) in [6.07, 6.45) is -0.0232. The molecule has 1 saturated heterocycles. The highest BCUT2D eigenvalue weighted by Crippen LogP contribution is 2.29. The van der Waals surface area contributed by atoms with Gasteiger partial charge in [0.2, 0.25) is 0 Å². The van der Waals surface area contributed by atoms with Gasteiger partial charge in [0.25, 0.3) is 0 Å². The molecule has 5 nitrogen and oxygen atoms in total. The molecule has 0 aromatic carbocycles. The molecular weight excluding hydrogens is 490 g/mol. The van der Waals surface area contributed by atoms with Gasteiger partial charge in [0.1, 0.15) is 0 Å². The molecule has 0 bridgehead atoms. The van der Waals surface area contributed by atoms with Gasteiger partial charge in [-0.3, -0.25) is 4.99 Å². The first kappa shape index (κ1) is 24.4. The summed E-state index contributed by atoms with van der Waals surface area (Å²) in [4.78, 5) is 10.3. The first-order chi connectivity index (χ1) is 12.4. The van der Waals surface area contributed by atoms with Gasteiger partial charge >= 0.3 is 6.18 Å². The number of guanidine groups is 1. The van der Waals surface area contributed by atoms with Gasteiger partial charge in [-0.2, -0.15) is 13.2 Å². The predicted octanol–water partition coefficient (Wildman–Crippen LogP) is 3.61. The van der Waals surface area contributed by atoms with Crippen molar-refractivity contribution in [3.05, 3.63) is 16.1 Å². The van der Waals surface area contributed by atoms with Crippen LogP contribution in [0.4, 0.5) is 13.2 Å². The van der Waals surface area contributed by atoms with Crippen molar-refractivity contribution < 1.29 is 13.2 Å². The lowest BCUT2D eigenvalue weighted by atomic mass is 10.1. The zero-order valence-electron chi connectivity index (χ0n) is 15.8. The summed E-state index contributed by atoms with van der Waals surface area (Å²) >= 11 is 1.04. The number of rotatable bonds is 7. The SMILES string of the molecule is CN=C(NCCc1nc(C(F)(F)F)cs1)NCC(C)CN1CCCCC1.I. The van der Waals surface area contributed by atoms with Crippen LogP contribution in [0.3, 0.4) is 0 Å². The summed E-state index contributed by atoms with van der Waals surface area (Å²) in [6, 6.07) is 0. The second-order valence-electron chi connectivity index (χ2n) is 6.72. The maximum absolute atomic E-state index is 12.5. The second-order valence-corrected chi connectivity index (χ2v) is 7.66. The number of halogens is 4. The Morgan fingerprint density at radius 3 is 2.59 bits per heavy atom. The lowest BCUT2D eigenvalue weighted by Gasteiger charge is -2.29. The van der Waals surface area contributed by atoms with Gasteiger partial charge in [-0.15, -0.1) is 35.3 Å².